The lowest BCUT2D eigenvalue weighted by atomic mass is 10.1. The Hall–Kier alpha value is -0.770. The highest BCUT2D eigenvalue weighted by atomic mass is 16.5. The van der Waals surface area contributed by atoms with Crippen LogP contribution in [0.4, 0.5) is 4.79 Å². The molecule has 0 radical (unpaired) electrons. The first-order valence-electron chi connectivity index (χ1n) is 5.08. The van der Waals surface area contributed by atoms with Crippen molar-refractivity contribution < 1.29 is 9.53 Å². The molecular weight excluding hydrogens is 180 g/mol. The smallest absolute Gasteiger partial charge is 0.319 e. The maximum atomic E-state index is 11.6. The second-order valence-corrected chi connectivity index (χ2v) is 4.16. The van der Waals surface area contributed by atoms with E-state index in [1.807, 2.05) is 7.05 Å². The van der Waals surface area contributed by atoms with Gasteiger partial charge in [0.25, 0.3) is 0 Å². The van der Waals surface area contributed by atoms with Gasteiger partial charge in [0.15, 0.2) is 0 Å². The molecule has 82 valence electrons. The van der Waals surface area contributed by atoms with Crippen LogP contribution in [0.2, 0.25) is 0 Å². The first-order chi connectivity index (χ1) is 6.52. The van der Waals surface area contributed by atoms with Crippen LogP contribution in [-0.4, -0.2) is 55.7 Å². The lowest BCUT2D eigenvalue weighted by molar-refractivity contribution is -0.0147. The van der Waals surface area contributed by atoms with Crippen molar-refractivity contribution in [3.63, 3.8) is 0 Å². The van der Waals surface area contributed by atoms with Crippen LogP contribution >= 0.6 is 0 Å². The van der Waals surface area contributed by atoms with Gasteiger partial charge in [-0.3, -0.25) is 0 Å². The molecule has 0 N–H and O–H groups in total. The molecule has 0 aliphatic carbocycles. The monoisotopic (exact) mass is 200 g/mol. The van der Waals surface area contributed by atoms with Gasteiger partial charge in [0.2, 0.25) is 0 Å². The predicted molar refractivity (Wildman–Crippen MR) is 55.3 cm³/mol. The summed E-state index contributed by atoms with van der Waals surface area (Å²) in [6.07, 6.45) is 2.42. The van der Waals surface area contributed by atoms with E-state index in [1.54, 1.807) is 23.9 Å². The maximum Gasteiger partial charge on any atom is 0.319 e. The number of ether oxygens (including phenoxy) is 1. The van der Waals surface area contributed by atoms with Crippen molar-refractivity contribution in [2.45, 2.75) is 31.9 Å². The van der Waals surface area contributed by atoms with E-state index in [1.165, 1.54) is 0 Å². The molecule has 1 saturated heterocycles. The molecule has 0 aromatic carbocycles. The number of carbonyl (C=O) groups is 1. The SMILES string of the molecule is CC1CCC(N(C)C(=O)N(C)C)CO1. The second kappa shape index (κ2) is 4.64. The lowest BCUT2D eigenvalue weighted by Crippen LogP contribution is -2.47. The highest BCUT2D eigenvalue weighted by molar-refractivity contribution is 5.73. The predicted octanol–water partition coefficient (Wildman–Crippen LogP) is 1.17. The summed E-state index contributed by atoms with van der Waals surface area (Å²) in [7, 11) is 5.38. The van der Waals surface area contributed by atoms with Gasteiger partial charge in [-0.1, -0.05) is 0 Å². The molecule has 1 fully saturated rings. The molecule has 1 aliphatic heterocycles. The molecule has 0 aromatic heterocycles. The fraction of sp³-hybridized carbons (Fsp3) is 0.900. The summed E-state index contributed by atoms with van der Waals surface area (Å²) in [5.74, 6) is 0. The van der Waals surface area contributed by atoms with E-state index in [0.29, 0.717) is 12.7 Å². The second-order valence-electron chi connectivity index (χ2n) is 4.16. The van der Waals surface area contributed by atoms with E-state index in [0.717, 1.165) is 12.8 Å². The maximum absolute atomic E-state index is 11.6. The van der Waals surface area contributed by atoms with Crippen LogP contribution in [0.1, 0.15) is 19.8 Å². The summed E-state index contributed by atoms with van der Waals surface area (Å²) >= 11 is 0. The van der Waals surface area contributed by atoms with E-state index < -0.39 is 0 Å². The van der Waals surface area contributed by atoms with Gasteiger partial charge in [0, 0.05) is 21.1 Å². The Morgan fingerprint density at radius 1 is 1.29 bits per heavy atom. The summed E-state index contributed by atoms with van der Waals surface area (Å²) in [4.78, 5) is 15.0. The summed E-state index contributed by atoms with van der Waals surface area (Å²) in [6.45, 7) is 2.74. The van der Waals surface area contributed by atoms with Crippen LogP contribution in [-0.2, 0) is 4.74 Å². The third kappa shape index (κ3) is 2.61. The molecule has 0 aromatic rings. The zero-order valence-corrected chi connectivity index (χ0v) is 9.49. The van der Waals surface area contributed by atoms with E-state index in [4.69, 9.17) is 4.74 Å². The minimum Gasteiger partial charge on any atom is -0.376 e. The zero-order chi connectivity index (χ0) is 10.7. The normalized spacial score (nSPS) is 27.1. The summed E-state index contributed by atoms with van der Waals surface area (Å²) in [6, 6.07) is 0.286. The molecule has 4 heteroatoms. The van der Waals surface area contributed by atoms with Crippen molar-refractivity contribution in [1.82, 2.24) is 9.80 Å². The molecule has 4 nitrogen and oxygen atoms in total. The quantitative estimate of drug-likeness (QED) is 0.636. The van der Waals surface area contributed by atoms with E-state index in [-0.39, 0.29) is 12.1 Å². The molecule has 0 saturated carbocycles. The first kappa shape index (κ1) is 11.3. The van der Waals surface area contributed by atoms with Crippen molar-refractivity contribution in [3.8, 4) is 0 Å². The van der Waals surface area contributed by atoms with Crippen LogP contribution in [0.5, 0.6) is 0 Å². The Morgan fingerprint density at radius 3 is 2.36 bits per heavy atom. The standard InChI is InChI=1S/C10H20N2O2/c1-8-5-6-9(7-14-8)12(4)10(13)11(2)3/h8-9H,5-7H2,1-4H3. The van der Waals surface area contributed by atoms with Crippen molar-refractivity contribution in [2.24, 2.45) is 0 Å². The van der Waals surface area contributed by atoms with Crippen molar-refractivity contribution in [2.75, 3.05) is 27.7 Å². The highest BCUT2D eigenvalue weighted by Crippen LogP contribution is 2.17. The number of hydrogen-bond acceptors (Lipinski definition) is 2. The lowest BCUT2D eigenvalue weighted by Gasteiger charge is -2.34. The van der Waals surface area contributed by atoms with Crippen LogP contribution < -0.4 is 0 Å². The van der Waals surface area contributed by atoms with Crippen molar-refractivity contribution >= 4 is 6.03 Å². The molecule has 2 amide bonds. The first-order valence-corrected chi connectivity index (χ1v) is 5.08. The number of nitrogens with zero attached hydrogens (tertiary/aromatic N) is 2. The third-order valence-electron chi connectivity index (χ3n) is 2.71. The van der Waals surface area contributed by atoms with Gasteiger partial charge in [-0.05, 0) is 19.8 Å². The Bertz CT molecular complexity index is 198. The molecule has 14 heavy (non-hydrogen) atoms. The number of urea groups is 1. The van der Waals surface area contributed by atoms with Crippen LogP contribution in [0.3, 0.4) is 0 Å². The summed E-state index contributed by atoms with van der Waals surface area (Å²) < 4.78 is 5.53. The largest absolute Gasteiger partial charge is 0.376 e. The molecule has 0 bridgehead atoms. The topological polar surface area (TPSA) is 32.8 Å². The number of carbonyl (C=O) groups excluding carboxylic acids is 1. The molecule has 2 unspecified atom stereocenters. The molecule has 1 aliphatic rings. The fourth-order valence-electron chi connectivity index (χ4n) is 1.65. The minimum absolute atomic E-state index is 0.0492. The van der Waals surface area contributed by atoms with Gasteiger partial charge in [-0.2, -0.15) is 0 Å². The van der Waals surface area contributed by atoms with E-state index in [2.05, 4.69) is 6.92 Å². The average molecular weight is 200 g/mol. The van der Waals surface area contributed by atoms with E-state index in [9.17, 15) is 4.79 Å². The fourth-order valence-corrected chi connectivity index (χ4v) is 1.65. The number of hydrogen-bond donors (Lipinski definition) is 0. The van der Waals surface area contributed by atoms with Crippen LogP contribution in [0.25, 0.3) is 0 Å². The van der Waals surface area contributed by atoms with Gasteiger partial charge in [-0.15, -0.1) is 0 Å². The van der Waals surface area contributed by atoms with Gasteiger partial charge in [-0.25, -0.2) is 4.79 Å². The summed E-state index contributed by atoms with van der Waals surface area (Å²) in [5, 5.41) is 0. The van der Waals surface area contributed by atoms with Crippen molar-refractivity contribution in [3.05, 3.63) is 0 Å². The number of amides is 2. The Balaban J connectivity index is 2.45. The molecule has 1 rings (SSSR count). The molecule has 2 atom stereocenters. The average Bonchev–Trinajstić information content (AvgIpc) is 2.16. The van der Waals surface area contributed by atoms with Crippen LogP contribution in [0.15, 0.2) is 0 Å². The number of rotatable bonds is 1. The van der Waals surface area contributed by atoms with Crippen molar-refractivity contribution in [1.29, 1.82) is 0 Å². The van der Waals surface area contributed by atoms with Gasteiger partial charge >= 0.3 is 6.03 Å². The van der Waals surface area contributed by atoms with Gasteiger partial charge in [0.1, 0.15) is 0 Å². The summed E-state index contributed by atoms with van der Waals surface area (Å²) in [5.41, 5.74) is 0. The minimum atomic E-state index is 0.0492. The Labute approximate surface area is 85.8 Å². The van der Waals surface area contributed by atoms with Gasteiger partial charge < -0.3 is 14.5 Å². The van der Waals surface area contributed by atoms with Gasteiger partial charge in [0.05, 0.1) is 18.8 Å². The molecular formula is C10H20N2O2. The number of likely N-dealkylation sites (N-methyl/N-ethyl adjacent to an activating group) is 1. The molecule has 0 spiro atoms. The Kier molecular flexibility index (Phi) is 3.75. The van der Waals surface area contributed by atoms with Crippen LogP contribution in [0, 0.1) is 0 Å². The zero-order valence-electron chi connectivity index (χ0n) is 9.49. The third-order valence-corrected chi connectivity index (χ3v) is 2.71. The molecule has 1 heterocycles. The van der Waals surface area contributed by atoms with E-state index >= 15 is 0 Å². The highest BCUT2D eigenvalue weighted by Gasteiger charge is 2.25. The Morgan fingerprint density at radius 2 is 1.93 bits per heavy atom.